The van der Waals surface area contributed by atoms with Crippen LogP contribution in [0.1, 0.15) is 101 Å². The molecule has 14 unspecified atom stereocenters. The fourth-order valence-electron chi connectivity index (χ4n) is 9.01. The summed E-state index contributed by atoms with van der Waals surface area (Å²) in [6.45, 7) is 7.98. The highest BCUT2D eigenvalue weighted by atomic mass is 16.6. The molecule has 0 aromatic rings. The maximum Gasteiger partial charge on any atom is 0.349 e. The number of hydrogen-bond donors (Lipinski definition) is 15. The molecule has 16 N–H and O–H groups in total. The lowest BCUT2D eigenvalue weighted by Crippen LogP contribution is -2.71. The summed E-state index contributed by atoms with van der Waals surface area (Å²) in [7, 11) is 0. The van der Waals surface area contributed by atoms with Crippen molar-refractivity contribution in [3.63, 3.8) is 0 Å². The van der Waals surface area contributed by atoms with Crippen LogP contribution in [0.2, 0.25) is 0 Å². The second kappa shape index (κ2) is 25.5. The molecule has 0 saturated carbocycles. The first-order chi connectivity index (χ1) is 32.2. The largest absolute Gasteiger partial charge is 0.479 e. The lowest BCUT2D eigenvalue weighted by molar-refractivity contribution is -0.286. The first kappa shape index (κ1) is 62.0. The van der Waals surface area contributed by atoms with E-state index in [2.05, 4.69) is 20.9 Å². The molecule has 3 amide bonds. The van der Waals surface area contributed by atoms with Gasteiger partial charge < -0.3 is 102 Å². The summed E-state index contributed by atoms with van der Waals surface area (Å²) in [5.41, 5.74) is -5.96. The minimum absolute atomic E-state index is 0.332. The highest BCUT2D eigenvalue weighted by Crippen LogP contribution is 2.45. The van der Waals surface area contributed by atoms with Gasteiger partial charge in [0.1, 0.15) is 16.9 Å². The molecule has 0 radical (unpaired) electrons. The van der Waals surface area contributed by atoms with E-state index in [1.54, 1.807) is 0 Å². The van der Waals surface area contributed by atoms with Gasteiger partial charge in [-0.3, -0.25) is 14.4 Å². The second-order valence-electron chi connectivity index (χ2n) is 19.2. The van der Waals surface area contributed by atoms with E-state index < -0.39 is 201 Å². The molecule has 0 aliphatic carbocycles. The number of nitrogens with two attached hydrogens (primary N) is 1. The number of ether oxygens (including phenoxy) is 5. The maximum atomic E-state index is 13.5. The van der Waals surface area contributed by atoms with Crippen LogP contribution in [0.4, 0.5) is 0 Å². The standard InChI is InChI=1S/C43H75N5O22/c1-20(52)45-33(28(57)13-26(36(60)61)48-41(8,9)66-19-44)27(56)11-24(17-50)67-39(4,5)43(38(64)65)15-30(59)35(47-22(3)54)32(70-43)12-25(18-51)68-40(6,7)42(37(62)63)14-29(58)34(46-21(2)53)31(69-42)10-23(55)16-49/h23-25,27-35,49-51,55-59H,10-19,44H2,1-9H3,(H,45,52)(H,46,53)(H,47,54)(H,60,61)(H,62,63)(H,64,65)/b48-26-. The van der Waals surface area contributed by atoms with Gasteiger partial charge in [0.15, 0.2) is 16.9 Å². The van der Waals surface area contributed by atoms with E-state index in [0.29, 0.717) is 0 Å². The Morgan fingerprint density at radius 2 is 1.14 bits per heavy atom. The van der Waals surface area contributed by atoms with E-state index in [0.717, 1.165) is 20.8 Å². The van der Waals surface area contributed by atoms with Crippen molar-refractivity contribution in [2.24, 2.45) is 10.7 Å². The van der Waals surface area contributed by atoms with Gasteiger partial charge in [0.2, 0.25) is 17.7 Å². The van der Waals surface area contributed by atoms with Crippen molar-refractivity contribution in [2.45, 2.75) is 202 Å². The van der Waals surface area contributed by atoms with Gasteiger partial charge >= 0.3 is 17.9 Å². The van der Waals surface area contributed by atoms with Gasteiger partial charge in [0.25, 0.3) is 0 Å². The Morgan fingerprint density at radius 3 is 1.51 bits per heavy atom. The van der Waals surface area contributed by atoms with Crippen LogP contribution in [0.5, 0.6) is 0 Å². The quantitative estimate of drug-likeness (QED) is 0.0260. The van der Waals surface area contributed by atoms with Crippen molar-refractivity contribution < 1.29 is 109 Å². The molecule has 2 fully saturated rings. The number of aliphatic hydroxyl groups excluding tert-OH is 8. The van der Waals surface area contributed by atoms with Crippen molar-refractivity contribution >= 4 is 41.3 Å². The van der Waals surface area contributed by atoms with Crippen LogP contribution < -0.4 is 21.7 Å². The Morgan fingerprint density at radius 1 is 0.700 bits per heavy atom. The monoisotopic (exact) mass is 1010 g/mol. The molecule has 70 heavy (non-hydrogen) atoms. The van der Waals surface area contributed by atoms with Gasteiger partial charge in [-0.1, -0.05) is 0 Å². The molecule has 0 spiro atoms. The van der Waals surface area contributed by atoms with E-state index in [9.17, 15) is 84.9 Å². The van der Waals surface area contributed by atoms with Gasteiger partial charge in [0, 0.05) is 59.3 Å². The number of carboxylic acid groups (broad SMARTS) is 3. The van der Waals surface area contributed by atoms with Gasteiger partial charge in [-0.15, -0.1) is 0 Å². The van der Waals surface area contributed by atoms with E-state index >= 15 is 0 Å². The predicted octanol–water partition coefficient (Wildman–Crippen LogP) is -4.41. The Hall–Kier alpha value is -4.07. The van der Waals surface area contributed by atoms with Crippen LogP contribution in [-0.2, 0) is 52.5 Å². The number of carbonyl (C=O) groups is 6. The van der Waals surface area contributed by atoms with Gasteiger partial charge in [0.05, 0.1) is 99.6 Å². The third kappa shape index (κ3) is 15.7. The fourth-order valence-corrected chi connectivity index (χ4v) is 9.01. The molecule has 0 aromatic heterocycles. The molecule has 14 atom stereocenters. The lowest BCUT2D eigenvalue weighted by Gasteiger charge is -2.53. The van der Waals surface area contributed by atoms with Crippen LogP contribution in [0.15, 0.2) is 4.99 Å². The van der Waals surface area contributed by atoms with E-state index in [1.165, 1.54) is 41.5 Å². The molecular formula is C43H75N5O22. The van der Waals surface area contributed by atoms with Crippen molar-refractivity contribution in [2.75, 3.05) is 26.6 Å². The molecule has 2 rings (SSSR count). The molecule has 2 saturated heterocycles. The lowest BCUT2D eigenvalue weighted by atomic mass is 9.74. The zero-order valence-corrected chi connectivity index (χ0v) is 40.9. The number of nitrogens with zero attached hydrogens (tertiary/aromatic N) is 1. The highest BCUT2D eigenvalue weighted by molar-refractivity contribution is 6.35. The van der Waals surface area contributed by atoms with Crippen LogP contribution in [0.25, 0.3) is 0 Å². The van der Waals surface area contributed by atoms with Gasteiger partial charge in [-0.05, 0) is 41.5 Å². The van der Waals surface area contributed by atoms with Crippen molar-refractivity contribution in [3.8, 4) is 0 Å². The Labute approximate surface area is 404 Å². The average Bonchev–Trinajstić information content (AvgIpc) is 3.22. The number of amides is 3. The van der Waals surface area contributed by atoms with Crippen LogP contribution in [0, 0.1) is 0 Å². The zero-order valence-electron chi connectivity index (χ0n) is 40.9. The summed E-state index contributed by atoms with van der Waals surface area (Å²) in [4.78, 5) is 79.6. The van der Waals surface area contributed by atoms with Crippen LogP contribution in [-0.4, -0.2) is 225 Å². The minimum atomic E-state index is -2.61. The number of hydrogen-bond acceptors (Lipinski definition) is 21. The maximum absolute atomic E-state index is 13.5. The number of aliphatic hydroxyl groups is 8. The third-order valence-corrected chi connectivity index (χ3v) is 12.4. The first-order valence-electron chi connectivity index (χ1n) is 22.6. The van der Waals surface area contributed by atoms with Gasteiger partial charge in [-0.25, -0.2) is 19.4 Å². The van der Waals surface area contributed by atoms with Gasteiger partial charge in [-0.2, -0.15) is 0 Å². The molecule has 27 heteroatoms. The molecule has 2 aliphatic heterocycles. The highest BCUT2D eigenvalue weighted by Gasteiger charge is 2.64. The molecule has 0 bridgehead atoms. The summed E-state index contributed by atoms with van der Waals surface area (Å²) in [6, 6.07) is -4.32. The molecule has 2 heterocycles. The number of nitrogens with one attached hydrogen (secondary N) is 3. The van der Waals surface area contributed by atoms with Crippen molar-refractivity contribution in [3.05, 3.63) is 0 Å². The summed E-state index contributed by atoms with van der Waals surface area (Å²) in [6.07, 6.45) is -18.6. The van der Waals surface area contributed by atoms with E-state index in [4.69, 9.17) is 29.4 Å². The average molecular weight is 1010 g/mol. The number of aliphatic carboxylic acids is 3. The summed E-state index contributed by atoms with van der Waals surface area (Å²) >= 11 is 0. The SMILES string of the molecule is CC(=O)NC(C(O)C/C(=N/C(C)(C)OCN)C(=O)O)C(O)CC(CO)OC(C)(C)C1(C(=O)O)CC(O)C(NC(C)=O)C(CC(CO)OC(C)(C)C2(C(=O)O)CC(O)C(NC(C)=O)C(CC(O)CO)O2)O1. The number of aliphatic imine (C=N–C) groups is 1. The normalized spacial score (nSPS) is 28.3. The van der Waals surface area contributed by atoms with E-state index in [-0.39, 0.29) is 6.73 Å². The molecule has 404 valence electrons. The first-order valence-corrected chi connectivity index (χ1v) is 22.6. The minimum Gasteiger partial charge on any atom is -0.479 e. The Kier molecular flexibility index (Phi) is 22.6. The van der Waals surface area contributed by atoms with Crippen molar-refractivity contribution in [1.82, 2.24) is 16.0 Å². The topological polar surface area (TPSA) is 446 Å². The number of rotatable bonds is 28. The second-order valence-corrected chi connectivity index (χ2v) is 19.2. The Bertz CT molecular complexity index is 1840. The number of carboxylic acids is 3. The molecule has 27 nitrogen and oxygen atoms in total. The summed E-state index contributed by atoms with van der Waals surface area (Å²) in [5, 5.41) is 125. The fraction of sp³-hybridized carbons (Fsp3) is 0.837. The number of carbonyl (C=O) groups excluding carboxylic acids is 3. The van der Waals surface area contributed by atoms with Crippen LogP contribution >= 0.6 is 0 Å². The van der Waals surface area contributed by atoms with E-state index in [1.807, 2.05) is 0 Å². The molecular weight excluding hydrogens is 938 g/mol. The van der Waals surface area contributed by atoms with Crippen LogP contribution in [0.3, 0.4) is 0 Å². The zero-order chi connectivity index (χ0) is 53.9. The summed E-state index contributed by atoms with van der Waals surface area (Å²) < 4.78 is 30.0. The smallest absolute Gasteiger partial charge is 0.349 e. The molecule has 2 aliphatic rings. The van der Waals surface area contributed by atoms with Crippen molar-refractivity contribution in [1.29, 1.82) is 0 Å². The third-order valence-electron chi connectivity index (χ3n) is 12.4. The molecule has 0 aromatic carbocycles. The summed E-state index contributed by atoms with van der Waals surface area (Å²) in [5.74, 6) is -7.10. The Balaban J connectivity index is 2.58. The predicted molar refractivity (Wildman–Crippen MR) is 239 cm³/mol.